The standard InChI is InChI=1S/C7H12S2/c1-6(2)7-8-4-3-5-9-7/h3-5H2,1-2H3. The first-order valence-electron chi connectivity index (χ1n) is 3.24. The smallest absolute Gasteiger partial charge is 0.0387 e. The summed E-state index contributed by atoms with van der Waals surface area (Å²) in [7, 11) is 0. The second kappa shape index (κ2) is 3.57. The van der Waals surface area contributed by atoms with E-state index >= 15 is 0 Å². The molecular weight excluding hydrogens is 148 g/mol. The van der Waals surface area contributed by atoms with Crippen LogP contribution in [0.4, 0.5) is 0 Å². The number of hydrogen-bond acceptors (Lipinski definition) is 2. The topological polar surface area (TPSA) is 0 Å². The fraction of sp³-hybridized carbons (Fsp3) is 0.714. The lowest BCUT2D eigenvalue weighted by Gasteiger charge is -2.13. The molecule has 52 valence electrons. The van der Waals surface area contributed by atoms with Crippen LogP contribution in [0.3, 0.4) is 0 Å². The van der Waals surface area contributed by atoms with Gasteiger partial charge in [0.25, 0.3) is 0 Å². The molecule has 0 N–H and O–H groups in total. The van der Waals surface area contributed by atoms with Crippen molar-refractivity contribution in [2.24, 2.45) is 0 Å². The van der Waals surface area contributed by atoms with E-state index in [9.17, 15) is 0 Å². The summed E-state index contributed by atoms with van der Waals surface area (Å²) in [6.07, 6.45) is 1.38. The zero-order valence-electron chi connectivity index (χ0n) is 5.94. The molecular formula is C7H12S2. The Morgan fingerprint density at radius 1 is 1.22 bits per heavy atom. The van der Waals surface area contributed by atoms with Gasteiger partial charge in [-0.2, -0.15) is 0 Å². The Balaban J connectivity index is 2.49. The third-order valence-electron chi connectivity index (χ3n) is 1.16. The maximum Gasteiger partial charge on any atom is 0.0387 e. The first-order chi connectivity index (χ1) is 4.30. The van der Waals surface area contributed by atoms with Crippen LogP contribution < -0.4 is 0 Å². The second-order valence-electron chi connectivity index (χ2n) is 2.34. The number of hydrogen-bond donors (Lipinski definition) is 0. The average Bonchev–Trinajstić information content (AvgIpc) is 1.90. The Morgan fingerprint density at radius 3 is 2.11 bits per heavy atom. The molecule has 0 nitrogen and oxygen atoms in total. The first kappa shape index (κ1) is 7.55. The number of allylic oxidation sites excluding steroid dienone is 1. The summed E-state index contributed by atoms with van der Waals surface area (Å²) in [5, 5.41) is 0. The van der Waals surface area contributed by atoms with E-state index in [0.29, 0.717) is 0 Å². The van der Waals surface area contributed by atoms with Crippen LogP contribution in [0.1, 0.15) is 20.3 Å². The molecule has 0 aromatic carbocycles. The van der Waals surface area contributed by atoms with Crippen molar-refractivity contribution in [2.45, 2.75) is 20.3 Å². The van der Waals surface area contributed by atoms with Crippen molar-refractivity contribution in [3.05, 3.63) is 9.81 Å². The molecule has 0 spiro atoms. The minimum absolute atomic E-state index is 1.33. The molecule has 1 fully saturated rings. The molecule has 0 aliphatic carbocycles. The molecule has 1 saturated heterocycles. The number of rotatable bonds is 0. The summed E-state index contributed by atoms with van der Waals surface area (Å²) < 4.78 is 1.56. The van der Waals surface area contributed by atoms with Crippen LogP contribution >= 0.6 is 23.5 Å². The van der Waals surface area contributed by atoms with E-state index in [-0.39, 0.29) is 0 Å². The fourth-order valence-corrected chi connectivity index (χ4v) is 3.26. The van der Waals surface area contributed by atoms with Gasteiger partial charge in [0, 0.05) is 4.24 Å². The summed E-state index contributed by atoms with van der Waals surface area (Å²) in [4.78, 5) is 0. The highest BCUT2D eigenvalue weighted by molar-refractivity contribution is 8.22. The summed E-state index contributed by atoms with van der Waals surface area (Å²) in [6.45, 7) is 4.39. The van der Waals surface area contributed by atoms with E-state index in [0.717, 1.165) is 0 Å². The SMILES string of the molecule is CC(C)=C1SCCCS1. The molecule has 9 heavy (non-hydrogen) atoms. The highest BCUT2D eigenvalue weighted by Crippen LogP contribution is 2.36. The summed E-state index contributed by atoms with van der Waals surface area (Å²) in [6, 6.07) is 0. The average molecular weight is 160 g/mol. The minimum Gasteiger partial charge on any atom is -0.119 e. The van der Waals surface area contributed by atoms with Gasteiger partial charge < -0.3 is 0 Å². The highest BCUT2D eigenvalue weighted by Gasteiger charge is 2.06. The predicted molar refractivity (Wildman–Crippen MR) is 47.9 cm³/mol. The van der Waals surface area contributed by atoms with Crippen LogP contribution in [0.2, 0.25) is 0 Å². The molecule has 0 unspecified atom stereocenters. The molecule has 0 radical (unpaired) electrons. The van der Waals surface area contributed by atoms with E-state index in [4.69, 9.17) is 0 Å². The van der Waals surface area contributed by atoms with Gasteiger partial charge in [-0.05, 0) is 31.8 Å². The molecule has 0 bridgehead atoms. The zero-order valence-corrected chi connectivity index (χ0v) is 7.57. The van der Waals surface area contributed by atoms with Crippen LogP contribution in [0.15, 0.2) is 9.81 Å². The normalized spacial score (nSPS) is 20.0. The maximum absolute atomic E-state index is 2.20. The van der Waals surface area contributed by atoms with Crippen LogP contribution in [-0.4, -0.2) is 11.5 Å². The van der Waals surface area contributed by atoms with Crippen LogP contribution in [0, 0.1) is 0 Å². The third-order valence-corrected chi connectivity index (χ3v) is 4.20. The summed E-state index contributed by atoms with van der Waals surface area (Å²) in [5.74, 6) is 2.65. The quantitative estimate of drug-likeness (QED) is 0.534. The third kappa shape index (κ3) is 2.26. The molecule has 1 aliphatic rings. The van der Waals surface area contributed by atoms with Crippen LogP contribution in [0.5, 0.6) is 0 Å². The molecule has 2 heteroatoms. The van der Waals surface area contributed by atoms with Gasteiger partial charge in [-0.25, -0.2) is 0 Å². The van der Waals surface area contributed by atoms with Gasteiger partial charge in [-0.15, -0.1) is 23.5 Å². The summed E-state index contributed by atoms with van der Waals surface area (Å²) in [5.41, 5.74) is 1.49. The Kier molecular flexibility index (Phi) is 2.99. The lowest BCUT2D eigenvalue weighted by Crippen LogP contribution is -1.92. The van der Waals surface area contributed by atoms with Gasteiger partial charge >= 0.3 is 0 Å². The van der Waals surface area contributed by atoms with Crippen molar-refractivity contribution in [2.75, 3.05) is 11.5 Å². The largest absolute Gasteiger partial charge is 0.119 e. The fourth-order valence-electron chi connectivity index (χ4n) is 0.719. The maximum atomic E-state index is 2.20. The van der Waals surface area contributed by atoms with E-state index < -0.39 is 0 Å². The van der Waals surface area contributed by atoms with Gasteiger partial charge in [-0.1, -0.05) is 5.57 Å². The van der Waals surface area contributed by atoms with Crippen LogP contribution in [0.25, 0.3) is 0 Å². The van der Waals surface area contributed by atoms with Gasteiger partial charge in [0.2, 0.25) is 0 Å². The lowest BCUT2D eigenvalue weighted by molar-refractivity contribution is 1.12. The monoisotopic (exact) mass is 160 g/mol. The van der Waals surface area contributed by atoms with Crippen molar-refractivity contribution >= 4 is 23.5 Å². The molecule has 0 aromatic rings. The molecule has 1 rings (SSSR count). The van der Waals surface area contributed by atoms with E-state index in [2.05, 4.69) is 13.8 Å². The second-order valence-corrected chi connectivity index (χ2v) is 4.81. The van der Waals surface area contributed by atoms with Crippen molar-refractivity contribution < 1.29 is 0 Å². The van der Waals surface area contributed by atoms with Gasteiger partial charge in [0.1, 0.15) is 0 Å². The van der Waals surface area contributed by atoms with Gasteiger partial charge in [-0.3, -0.25) is 0 Å². The van der Waals surface area contributed by atoms with Crippen molar-refractivity contribution in [3.63, 3.8) is 0 Å². The number of thioether (sulfide) groups is 2. The van der Waals surface area contributed by atoms with Crippen molar-refractivity contribution in [1.82, 2.24) is 0 Å². The van der Waals surface area contributed by atoms with Gasteiger partial charge in [0.15, 0.2) is 0 Å². The van der Waals surface area contributed by atoms with E-state index in [1.807, 2.05) is 23.5 Å². The van der Waals surface area contributed by atoms with Gasteiger partial charge in [0.05, 0.1) is 0 Å². The molecule has 0 saturated carbocycles. The Hall–Kier alpha value is 0.440. The lowest BCUT2D eigenvalue weighted by atomic mass is 10.4. The zero-order chi connectivity index (χ0) is 6.69. The van der Waals surface area contributed by atoms with E-state index in [1.165, 1.54) is 23.5 Å². The molecule has 0 aromatic heterocycles. The molecule has 1 heterocycles. The molecule has 0 atom stereocenters. The highest BCUT2D eigenvalue weighted by atomic mass is 32.2. The first-order valence-corrected chi connectivity index (χ1v) is 5.21. The summed E-state index contributed by atoms with van der Waals surface area (Å²) >= 11 is 4.03. The van der Waals surface area contributed by atoms with E-state index in [1.54, 1.807) is 4.24 Å². The molecule has 1 aliphatic heterocycles. The predicted octanol–water partition coefficient (Wildman–Crippen LogP) is 3.11. The molecule has 0 amide bonds. The van der Waals surface area contributed by atoms with Crippen molar-refractivity contribution in [3.8, 4) is 0 Å². The van der Waals surface area contributed by atoms with Crippen molar-refractivity contribution in [1.29, 1.82) is 0 Å². The van der Waals surface area contributed by atoms with Crippen LogP contribution in [-0.2, 0) is 0 Å². The Bertz CT molecular complexity index is 115. The Labute approximate surface area is 65.5 Å². The Morgan fingerprint density at radius 2 is 1.78 bits per heavy atom. The minimum atomic E-state index is 1.33.